The smallest absolute Gasteiger partial charge is 0.280 e. The molecule has 28 heavy (non-hydrogen) atoms. The van der Waals surface area contributed by atoms with Crippen LogP contribution in [-0.2, 0) is 11.3 Å². The van der Waals surface area contributed by atoms with Gasteiger partial charge in [-0.15, -0.1) is 11.3 Å². The number of hydrogen-bond acceptors (Lipinski definition) is 5. The van der Waals surface area contributed by atoms with Gasteiger partial charge in [0.05, 0.1) is 22.0 Å². The number of aromatic nitrogens is 3. The largest absolute Gasteiger partial charge is 0.365 e. The molecule has 0 saturated carbocycles. The number of nitrogens with one attached hydrogen (secondary N) is 1. The van der Waals surface area contributed by atoms with Gasteiger partial charge >= 0.3 is 0 Å². The second-order valence-corrected chi connectivity index (χ2v) is 8.28. The first-order valence-electron chi connectivity index (χ1n) is 8.18. The predicted molar refractivity (Wildman–Crippen MR) is 111 cm³/mol. The zero-order chi connectivity index (χ0) is 20.6. The van der Waals surface area contributed by atoms with Gasteiger partial charge in [-0.1, -0.05) is 0 Å². The van der Waals surface area contributed by atoms with E-state index >= 15 is 0 Å². The summed E-state index contributed by atoms with van der Waals surface area (Å²) < 4.78 is 28.7. The van der Waals surface area contributed by atoms with Gasteiger partial charge in [0.1, 0.15) is 15.4 Å². The van der Waals surface area contributed by atoms with Crippen LogP contribution in [0, 0.1) is 17.4 Å². The van der Waals surface area contributed by atoms with Crippen molar-refractivity contribution in [3.8, 4) is 0 Å². The molecular formula is C17H16F2IN5O2S. The number of hydrogen-bond donors (Lipinski definition) is 2. The average molecular weight is 519 g/mol. The van der Waals surface area contributed by atoms with E-state index < -0.39 is 12.3 Å². The number of thiophene rings is 1. The van der Waals surface area contributed by atoms with Crippen molar-refractivity contribution < 1.29 is 18.4 Å². The molecule has 0 unspecified atom stereocenters. The molecule has 3 rings (SSSR count). The van der Waals surface area contributed by atoms with E-state index in [1.807, 2.05) is 6.92 Å². The highest BCUT2D eigenvalue weighted by Gasteiger charge is 2.23. The number of pyridine rings is 1. The van der Waals surface area contributed by atoms with Gasteiger partial charge in [-0.25, -0.2) is 13.8 Å². The number of carbonyl (C=O) groups excluding carboxylic acids is 2. The Bertz CT molecular complexity index is 1080. The van der Waals surface area contributed by atoms with Crippen molar-refractivity contribution in [2.24, 2.45) is 5.73 Å². The van der Waals surface area contributed by atoms with E-state index in [1.54, 1.807) is 17.8 Å². The maximum atomic E-state index is 13.0. The van der Waals surface area contributed by atoms with Crippen LogP contribution in [0.5, 0.6) is 0 Å². The van der Waals surface area contributed by atoms with Crippen LogP contribution in [0.4, 0.5) is 14.5 Å². The third-order valence-corrected chi connectivity index (χ3v) is 6.34. The number of fused-ring (bicyclic) bond motifs is 1. The maximum Gasteiger partial charge on any atom is 0.280 e. The van der Waals surface area contributed by atoms with Crippen molar-refractivity contribution in [3.05, 3.63) is 37.7 Å². The monoisotopic (exact) mass is 519 g/mol. The summed E-state index contributed by atoms with van der Waals surface area (Å²) in [5.74, 6) is -1.10. The van der Waals surface area contributed by atoms with Gasteiger partial charge in [-0.2, -0.15) is 5.10 Å². The molecule has 0 bridgehead atoms. The SMILES string of the molecule is Cc1cc(C(F)F)nc2sc(C(N)=O)c(NC(=O)CCn3ncc(I)c3C)c12. The van der Waals surface area contributed by atoms with Gasteiger partial charge in [0.25, 0.3) is 12.3 Å². The number of aryl methyl sites for hydroxylation is 2. The van der Waals surface area contributed by atoms with E-state index in [0.717, 1.165) is 20.6 Å². The maximum absolute atomic E-state index is 13.0. The van der Waals surface area contributed by atoms with Crippen LogP contribution in [0.2, 0.25) is 0 Å². The molecular weight excluding hydrogens is 503 g/mol. The summed E-state index contributed by atoms with van der Waals surface area (Å²) in [7, 11) is 0. The van der Waals surface area contributed by atoms with E-state index in [9.17, 15) is 18.4 Å². The number of nitrogens with two attached hydrogens (primary N) is 1. The lowest BCUT2D eigenvalue weighted by molar-refractivity contribution is -0.116. The van der Waals surface area contributed by atoms with Gasteiger partial charge < -0.3 is 11.1 Å². The van der Waals surface area contributed by atoms with Crippen molar-refractivity contribution in [2.45, 2.75) is 33.2 Å². The van der Waals surface area contributed by atoms with Crippen LogP contribution in [0.3, 0.4) is 0 Å². The Kier molecular flexibility index (Phi) is 5.93. The van der Waals surface area contributed by atoms with E-state index in [2.05, 4.69) is 38.0 Å². The first-order valence-corrected chi connectivity index (χ1v) is 10.1. The Labute approximate surface area is 176 Å². The van der Waals surface area contributed by atoms with Crippen molar-refractivity contribution in [1.82, 2.24) is 14.8 Å². The topological polar surface area (TPSA) is 103 Å². The number of primary amides is 1. The van der Waals surface area contributed by atoms with E-state index in [4.69, 9.17) is 5.73 Å². The standard InChI is InChI=1S/C17H16F2IN5O2S/c1-7-5-10(15(18)19)23-17-12(7)13(14(28-17)16(21)27)24-11(26)3-4-25-8(2)9(20)6-22-25/h5-6,15H,3-4H2,1-2H3,(H2,21,27)(H,24,26). The first kappa shape index (κ1) is 20.6. The number of carbonyl (C=O) groups is 2. The fourth-order valence-corrected chi connectivity index (χ4v) is 4.24. The first-order chi connectivity index (χ1) is 13.2. The third kappa shape index (κ3) is 3.99. The van der Waals surface area contributed by atoms with E-state index in [1.165, 1.54) is 6.07 Å². The highest BCUT2D eigenvalue weighted by atomic mass is 127. The Morgan fingerprint density at radius 2 is 2.11 bits per heavy atom. The second kappa shape index (κ2) is 8.07. The van der Waals surface area contributed by atoms with Gasteiger partial charge in [0.15, 0.2) is 0 Å². The van der Waals surface area contributed by atoms with Gasteiger partial charge in [0, 0.05) is 17.5 Å². The highest BCUT2D eigenvalue weighted by molar-refractivity contribution is 14.1. The fraction of sp³-hybridized carbons (Fsp3) is 0.294. The van der Waals surface area contributed by atoms with Gasteiger partial charge in [-0.3, -0.25) is 14.3 Å². The summed E-state index contributed by atoms with van der Waals surface area (Å²) in [6.45, 7) is 3.89. The Balaban J connectivity index is 1.90. The lowest BCUT2D eigenvalue weighted by Gasteiger charge is -2.09. The van der Waals surface area contributed by atoms with Crippen molar-refractivity contribution in [2.75, 3.05) is 5.32 Å². The van der Waals surface area contributed by atoms with Crippen molar-refractivity contribution >= 4 is 61.6 Å². The normalized spacial score (nSPS) is 11.4. The fourth-order valence-electron chi connectivity index (χ4n) is 2.77. The Morgan fingerprint density at radius 3 is 2.68 bits per heavy atom. The quantitative estimate of drug-likeness (QED) is 0.484. The molecule has 3 N–H and O–H groups in total. The molecule has 0 fully saturated rings. The molecule has 3 aromatic heterocycles. The lowest BCUT2D eigenvalue weighted by atomic mass is 10.1. The minimum absolute atomic E-state index is 0.0789. The highest BCUT2D eigenvalue weighted by Crippen LogP contribution is 2.38. The number of nitrogens with zero attached hydrogens (tertiary/aromatic N) is 3. The molecule has 0 atom stereocenters. The lowest BCUT2D eigenvalue weighted by Crippen LogP contribution is -2.18. The molecule has 0 aliphatic carbocycles. The van der Waals surface area contributed by atoms with Crippen LogP contribution >= 0.6 is 33.9 Å². The van der Waals surface area contributed by atoms with Crippen LogP contribution in [0.1, 0.15) is 39.5 Å². The minimum Gasteiger partial charge on any atom is -0.365 e. The molecule has 0 saturated heterocycles. The molecule has 148 valence electrons. The summed E-state index contributed by atoms with van der Waals surface area (Å²) in [5, 5.41) is 7.34. The summed E-state index contributed by atoms with van der Waals surface area (Å²) >= 11 is 3.05. The molecule has 11 heteroatoms. The molecule has 7 nitrogen and oxygen atoms in total. The van der Waals surface area contributed by atoms with Crippen molar-refractivity contribution in [3.63, 3.8) is 0 Å². The summed E-state index contributed by atoms with van der Waals surface area (Å²) in [5.41, 5.74) is 6.69. The number of rotatable bonds is 6. The molecule has 0 aliphatic rings. The zero-order valence-electron chi connectivity index (χ0n) is 14.9. The average Bonchev–Trinajstić information content (AvgIpc) is 3.14. The van der Waals surface area contributed by atoms with Gasteiger partial charge in [-0.05, 0) is 48.1 Å². The third-order valence-electron chi connectivity index (χ3n) is 4.18. The predicted octanol–water partition coefficient (Wildman–Crippen LogP) is 3.78. The zero-order valence-corrected chi connectivity index (χ0v) is 17.9. The van der Waals surface area contributed by atoms with Crippen LogP contribution in [0.15, 0.2) is 12.3 Å². The Morgan fingerprint density at radius 1 is 1.39 bits per heavy atom. The summed E-state index contributed by atoms with van der Waals surface area (Å²) in [6, 6.07) is 1.25. The van der Waals surface area contributed by atoms with E-state index in [-0.39, 0.29) is 33.4 Å². The number of amides is 2. The number of halogens is 3. The van der Waals surface area contributed by atoms with Gasteiger partial charge in [0.2, 0.25) is 5.91 Å². The molecule has 0 radical (unpaired) electrons. The Hall–Kier alpha value is -2.15. The van der Waals surface area contributed by atoms with Crippen LogP contribution < -0.4 is 11.1 Å². The molecule has 2 amide bonds. The summed E-state index contributed by atoms with van der Waals surface area (Å²) in [4.78, 5) is 28.5. The molecule has 3 aromatic rings. The second-order valence-electron chi connectivity index (χ2n) is 6.11. The van der Waals surface area contributed by atoms with E-state index in [0.29, 0.717) is 17.5 Å². The molecule has 0 aromatic carbocycles. The molecule has 0 aliphatic heterocycles. The van der Waals surface area contributed by atoms with Crippen LogP contribution in [-0.4, -0.2) is 26.6 Å². The number of anilines is 1. The number of alkyl halides is 2. The van der Waals surface area contributed by atoms with Crippen molar-refractivity contribution in [1.29, 1.82) is 0 Å². The van der Waals surface area contributed by atoms with Crippen LogP contribution in [0.25, 0.3) is 10.2 Å². The molecule has 0 spiro atoms. The summed E-state index contributed by atoms with van der Waals surface area (Å²) in [6.07, 6.45) is -0.906. The molecule has 3 heterocycles. The minimum atomic E-state index is -2.74.